The van der Waals surface area contributed by atoms with E-state index in [-0.39, 0.29) is 0 Å². The largest absolute Gasteiger partial charge is 0.456 e. The highest BCUT2D eigenvalue weighted by molar-refractivity contribution is 6.17. The van der Waals surface area contributed by atoms with E-state index in [4.69, 9.17) is 19.4 Å². The zero-order valence-corrected chi connectivity index (χ0v) is 30.0. The Bertz CT molecular complexity index is 3450. The standard InChI is InChI=1S/C51H30N4O/c1-2-12-32(13-3-1)49-52-50(38-22-21-31-11-4-5-14-33(31)25-38)54-51(53-49)41-19-10-20-46-48(41)40-24-23-39(30-47(40)56-46)55-44-28-36-17-8-6-15-34(36)26-42(44)43-27-35-16-7-9-18-37(35)29-45(43)55/h1-30H. The van der Waals surface area contributed by atoms with Crippen LogP contribution in [0.4, 0.5) is 0 Å². The number of aromatic nitrogens is 4. The molecule has 0 atom stereocenters. The molecular weight excluding hydrogens is 685 g/mol. The predicted molar refractivity (Wildman–Crippen MR) is 230 cm³/mol. The van der Waals surface area contributed by atoms with Crippen molar-refractivity contribution in [3.05, 3.63) is 182 Å². The lowest BCUT2D eigenvalue weighted by molar-refractivity contribution is 0.668. The molecule has 0 saturated heterocycles. The van der Waals surface area contributed by atoms with Crippen LogP contribution in [0.2, 0.25) is 0 Å². The number of benzene rings is 9. The van der Waals surface area contributed by atoms with Crippen LogP contribution >= 0.6 is 0 Å². The highest BCUT2D eigenvalue weighted by atomic mass is 16.3. The number of nitrogens with zero attached hydrogens (tertiary/aromatic N) is 4. The average Bonchev–Trinajstić information content (AvgIpc) is 3.79. The highest BCUT2D eigenvalue weighted by Crippen LogP contribution is 2.41. The fourth-order valence-corrected chi connectivity index (χ4v) is 8.48. The first kappa shape index (κ1) is 30.8. The maximum absolute atomic E-state index is 6.71. The summed E-state index contributed by atoms with van der Waals surface area (Å²) in [5, 5.41) is 11.6. The van der Waals surface area contributed by atoms with Gasteiger partial charge in [0.05, 0.1) is 11.0 Å². The summed E-state index contributed by atoms with van der Waals surface area (Å²) in [6.07, 6.45) is 0. The Morgan fingerprint density at radius 2 is 0.929 bits per heavy atom. The van der Waals surface area contributed by atoms with Crippen LogP contribution in [0, 0.1) is 0 Å². The second-order valence-electron chi connectivity index (χ2n) is 14.5. The van der Waals surface area contributed by atoms with Crippen LogP contribution in [0.25, 0.3) is 116 Å². The van der Waals surface area contributed by atoms with Gasteiger partial charge >= 0.3 is 0 Å². The minimum absolute atomic E-state index is 0.598. The Kier molecular flexibility index (Phi) is 6.56. The summed E-state index contributed by atoms with van der Waals surface area (Å²) >= 11 is 0. The summed E-state index contributed by atoms with van der Waals surface area (Å²) in [5.41, 5.74) is 7.69. The fraction of sp³-hybridized carbons (Fsp3) is 0. The lowest BCUT2D eigenvalue weighted by Crippen LogP contribution is -2.00. The van der Waals surface area contributed by atoms with Gasteiger partial charge in [0.25, 0.3) is 0 Å². The van der Waals surface area contributed by atoms with Crippen molar-refractivity contribution in [2.45, 2.75) is 0 Å². The second kappa shape index (κ2) is 11.9. The van der Waals surface area contributed by atoms with Gasteiger partial charge in [-0.25, -0.2) is 15.0 Å². The molecule has 5 nitrogen and oxygen atoms in total. The molecule has 9 aromatic carbocycles. The van der Waals surface area contributed by atoms with E-state index in [1.807, 2.05) is 42.5 Å². The van der Waals surface area contributed by atoms with Crippen LogP contribution in [-0.4, -0.2) is 19.5 Å². The van der Waals surface area contributed by atoms with E-state index >= 15 is 0 Å². The Hall–Kier alpha value is -7.63. The molecule has 0 aliphatic rings. The van der Waals surface area contributed by atoms with Gasteiger partial charge in [0.2, 0.25) is 0 Å². The minimum atomic E-state index is 0.598. The van der Waals surface area contributed by atoms with Gasteiger partial charge in [0.15, 0.2) is 17.5 Å². The normalized spacial score (nSPS) is 11.9. The van der Waals surface area contributed by atoms with Crippen LogP contribution in [0.3, 0.4) is 0 Å². The zero-order chi connectivity index (χ0) is 36.7. The molecule has 0 amide bonds. The molecule has 0 radical (unpaired) electrons. The van der Waals surface area contributed by atoms with E-state index in [9.17, 15) is 0 Å². The van der Waals surface area contributed by atoms with Gasteiger partial charge < -0.3 is 8.98 Å². The van der Waals surface area contributed by atoms with Crippen LogP contribution in [0.1, 0.15) is 0 Å². The molecule has 3 aromatic heterocycles. The lowest BCUT2D eigenvalue weighted by Gasteiger charge is -2.10. The van der Waals surface area contributed by atoms with E-state index in [0.717, 1.165) is 60.7 Å². The molecular formula is C51H30N4O. The van der Waals surface area contributed by atoms with E-state index in [2.05, 4.69) is 144 Å². The predicted octanol–water partition coefficient (Wildman–Crippen LogP) is 13.3. The Morgan fingerprint density at radius 3 is 1.61 bits per heavy atom. The van der Waals surface area contributed by atoms with Crippen molar-refractivity contribution < 1.29 is 4.42 Å². The molecule has 3 heterocycles. The maximum Gasteiger partial charge on any atom is 0.164 e. The molecule has 260 valence electrons. The smallest absolute Gasteiger partial charge is 0.164 e. The number of furan rings is 1. The first-order chi connectivity index (χ1) is 27.7. The SMILES string of the molecule is c1ccc(-c2nc(-c3ccc4ccccc4c3)nc(-c3cccc4oc5cc(-n6c7cc8ccccc8cc7c7cc8ccccc8cc76)ccc5c34)n2)cc1. The molecule has 0 spiro atoms. The Labute approximate surface area is 320 Å². The van der Waals surface area contributed by atoms with Gasteiger partial charge in [-0.3, -0.25) is 0 Å². The molecule has 0 aliphatic carbocycles. The van der Waals surface area contributed by atoms with Crippen molar-refractivity contribution in [1.82, 2.24) is 19.5 Å². The highest BCUT2D eigenvalue weighted by Gasteiger charge is 2.20. The zero-order valence-electron chi connectivity index (χ0n) is 30.0. The van der Waals surface area contributed by atoms with E-state index < -0.39 is 0 Å². The number of fused-ring (bicyclic) bond motifs is 9. The molecule has 0 fully saturated rings. The first-order valence-electron chi connectivity index (χ1n) is 18.8. The monoisotopic (exact) mass is 714 g/mol. The minimum Gasteiger partial charge on any atom is -0.456 e. The molecule has 56 heavy (non-hydrogen) atoms. The summed E-state index contributed by atoms with van der Waals surface area (Å²) in [5.74, 6) is 1.84. The van der Waals surface area contributed by atoms with Crippen molar-refractivity contribution in [2.75, 3.05) is 0 Å². The van der Waals surface area contributed by atoms with Crippen molar-refractivity contribution in [3.8, 4) is 39.9 Å². The molecule has 12 rings (SSSR count). The van der Waals surface area contributed by atoms with Crippen molar-refractivity contribution >= 4 is 76.1 Å². The Balaban J connectivity index is 1.07. The number of rotatable bonds is 4. The third kappa shape index (κ3) is 4.78. The quantitative estimate of drug-likeness (QED) is 0.182. The molecule has 0 aliphatic heterocycles. The average molecular weight is 715 g/mol. The molecule has 0 N–H and O–H groups in total. The summed E-state index contributed by atoms with van der Waals surface area (Å²) in [6.45, 7) is 0. The molecule has 0 unspecified atom stereocenters. The Morgan fingerprint density at radius 1 is 0.357 bits per heavy atom. The van der Waals surface area contributed by atoms with Gasteiger partial charge in [-0.15, -0.1) is 0 Å². The third-order valence-corrected chi connectivity index (χ3v) is 11.2. The first-order valence-corrected chi connectivity index (χ1v) is 18.8. The maximum atomic E-state index is 6.71. The van der Waals surface area contributed by atoms with Gasteiger partial charge in [0.1, 0.15) is 11.2 Å². The van der Waals surface area contributed by atoms with Crippen molar-refractivity contribution in [3.63, 3.8) is 0 Å². The van der Waals surface area contributed by atoms with Gasteiger partial charge in [-0.05, 0) is 80.8 Å². The van der Waals surface area contributed by atoms with Gasteiger partial charge in [0, 0.05) is 50.0 Å². The van der Waals surface area contributed by atoms with Gasteiger partial charge in [-0.2, -0.15) is 0 Å². The summed E-state index contributed by atoms with van der Waals surface area (Å²) in [6, 6.07) is 64.0. The summed E-state index contributed by atoms with van der Waals surface area (Å²) < 4.78 is 9.09. The molecule has 0 saturated carbocycles. The molecule has 5 heteroatoms. The van der Waals surface area contributed by atoms with Crippen LogP contribution in [0.15, 0.2) is 186 Å². The fourth-order valence-electron chi connectivity index (χ4n) is 8.48. The molecule has 0 bridgehead atoms. The van der Waals surface area contributed by atoms with E-state index in [0.29, 0.717) is 17.5 Å². The van der Waals surface area contributed by atoms with Crippen molar-refractivity contribution in [2.24, 2.45) is 0 Å². The lowest BCUT2D eigenvalue weighted by atomic mass is 10.0. The summed E-state index contributed by atoms with van der Waals surface area (Å²) in [7, 11) is 0. The van der Waals surface area contributed by atoms with Crippen LogP contribution in [0.5, 0.6) is 0 Å². The van der Waals surface area contributed by atoms with Crippen LogP contribution in [-0.2, 0) is 0 Å². The number of hydrogen-bond donors (Lipinski definition) is 0. The van der Waals surface area contributed by atoms with Gasteiger partial charge in [-0.1, -0.05) is 127 Å². The second-order valence-corrected chi connectivity index (χ2v) is 14.5. The van der Waals surface area contributed by atoms with Crippen molar-refractivity contribution in [1.29, 1.82) is 0 Å². The summed E-state index contributed by atoms with van der Waals surface area (Å²) in [4.78, 5) is 15.3. The molecule has 12 aromatic rings. The topological polar surface area (TPSA) is 56.7 Å². The third-order valence-electron chi connectivity index (χ3n) is 11.2. The van der Waals surface area contributed by atoms with Crippen LogP contribution < -0.4 is 0 Å². The number of hydrogen-bond acceptors (Lipinski definition) is 4. The van der Waals surface area contributed by atoms with E-state index in [1.165, 1.54) is 37.7 Å². The van der Waals surface area contributed by atoms with E-state index in [1.54, 1.807) is 0 Å².